The van der Waals surface area contributed by atoms with Gasteiger partial charge in [0.25, 0.3) is 0 Å². The minimum Gasteiger partial charge on any atom is -0.469 e. The van der Waals surface area contributed by atoms with Crippen molar-refractivity contribution in [1.82, 2.24) is 0 Å². The molecule has 0 rings (SSSR count). The van der Waals surface area contributed by atoms with Crippen molar-refractivity contribution in [2.45, 2.75) is 84.0 Å². The van der Waals surface area contributed by atoms with Gasteiger partial charge in [-0.05, 0) is 25.7 Å². The maximum absolute atomic E-state index is 10.9. The van der Waals surface area contributed by atoms with Crippen molar-refractivity contribution in [2.75, 3.05) is 7.11 Å². The Morgan fingerprint density at radius 3 is 1.90 bits per heavy atom. The van der Waals surface area contributed by atoms with Gasteiger partial charge in [0.05, 0.1) is 7.11 Å². The minimum absolute atomic E-state index is 0.0782. The molecule has 0 N–H and O–H groups in total. The molecule has 0 aromatic rings. The van der Waals surface area contributed by atoms with Crippen LogP contribution in [0.3, 0.4) is 0 Å². The van der Waals surface area contributed by atoms with Gasteiger partial charge in [-0.2, -0.15) is 0 Å². The van der Waals surface area contributed by atoms with Crippen LogP contribution in [0.1, 0.15) is 84.0 Å². The summed E-state index contributed by atoms with van der Waals surface area (Å²) in [5.41, 5.74) is 0. The van der Waals surface area contributed by atoms with Crippen molar-refractivity contribution < 1.29 is 9.53 Å². The first-order chi connectivity index (χ1) is 10.3. The summed E-state index contributed by atoms with van der Waals surface area (Å²) in [5.74, 6) is -0.0782. The highest BCUT2D eigenvalue weighted by molar-refractivity contribution is 5.68. The maximum Gasteiger partial charge on any atom is 0.305 e. The third kappa shape index (κ3) is 16.9. The Kier molecular flexibility index (Phi) is 16.2. The number of esters is 1. The van der Waals surface area contributed by atoms with Crippen molar-refractivity contribution in [3.63, 3.8) is 0 Å². The summed E-state index contributed by atoms with van der Waals surface area (Å²) in [6, 6.07) is 0. The van der Waals surface area contributed by atoms with Crippen LogP contribution >= 0.6 is 0 Å². The fourth-order valence-electron chi connectivity index (χ4n) is 2.19. The zero-order valence-corrected chi connectivity index (χ0v) is 14.1. The van der Waals surface area contributed by atoms with Gasteiger partial charge in [0, 0.05) is 6.42 Å². The van der Waals surface area contributed by atoms with E-state index in [0.29, 0.717) is 6.42 Å². The predicted molar refractivity (Wildman–Crippen MR) is 91.4 cm³/mol. The van der Waals surface area contributed by atoms with Gasteiger partial charge in [-0.25, -0.2) is 0 Å². The van der Waals surface area contributed by atoms with E-state index in [2.05, 4.69) is 36.0 Å². The molecule has 0 saturated carbocycles. The van der Waals surface area contributed by atoms with Crippen LogP contribution in [0.5, 0.6) is 0 Å². The Balaban J connectivity index is 3.17. The number of carbonyl (C=O) groups is 1. The molecule has 0 aromatic heterocycles. The van der Waals surface area contributed by atoms with Crippen molar-refractivity contribution in [3.8, 4) is 0 Å². The largest absolute Gasteiger partial charge is 0.469 e. The average molecular weight is 294 g/mol. The minimum atomic E-state index is -0.0782. The highest BCUT2D eigenvalue weighted by atomic mass is 16.5. The van der Waals surface area contributed by atoms with E-state index in [4.69, 9.17) is 0 Å². The number of ether oxygens (including phenoxy) is 1. The third-order valence-corrected chi connectivity index (χ3v) is 3.59. The van der Waals surface area contributed by atoms with Gasteiger partial charge < -0.3 is 4.74 Å². The maximum atomic E-state index is 10.9. The lowest BCUT2D eigenvalue weighted by atomic mass is 10.1. The first kappa shape index (κ1) is 19.9. The molecule has 0 atom stereocenters. The molecule has 2 nitrogen and oxygen atoms in total. The molecule has 21 heavy (non-hydrogen) atoms. The molecule has 0 fully saturated rings. The molecule has 0 heterocycles. The monoisotopic (exact) mass is 294 g/mol. The molecule has 0 aliphatic carbocycles. The number of methoxy groups -OCH3 is 1. The molecule has 0 amide bonds. The number of rotatable bonds is 14. The first-order valence-electron chi connectivity index (χ1n) is 8.69. The Bertz CT molecular complexity index is 279. The van der Waals surface area contributed by atoms with Crippen LogP contribution < -0.4 is 0 Å². The van der Waals surface area contributed by atoms with Gasteiger partial charge in [0.15, 0.2) is 0 Å². The van der Waals surface area contributed by atoms with E-state index in [1.54, 1.807) is 0 Å². The predicted octanol–water partition coefficient (Wildman–Crippen LogP) is 5.97. The molecular formula is C19H34O2. The molecule has 122 valence electrons. The van der Waals surface area contributed by atoms with Crippen LogP contribution in [-0.4, -0.2) is 13.1 Å². The number of allylic oxidation sites excluding steroid dienone is 4. The molecule has 0 bridgehead atoms. The molecule has 0 aliphatic rings. The summed E-state index contributed by atoms with van der Waals surface area (Å²) >= 11 is 0. The average Bonchev–Trinajstić information content (AvgIpc) is 2.50. The highest BCUT2D eigenvalue weighted by Crippen LogP contribution is 2.10. The Hall–Kier alpha value is -1.05. The number of unbranched alkanes of at least 4 members (excludes halogenated alkanes) is 9. The van der Waals surface area contributed by atoms with Crippen molar-refractivity contribution >= 4 is 5.97 Å². The molecule has 0 spiro atoms. The van der Waals surface area contributed by atoms with E-state index < -0.39 is 0 Å². The molecule has 0 unspecified atom stereocenters. The molecule has 2 heteroatoms. The van der Waals surface area contributed by atoms with Crippen LogP contribution in [0.25, 0.3) is 0 Å². The summed E-state index contributed by atoms with van der Waals surface area (Å²) in [6.45, 7) is 2.23. The topological polar surface area (TPSA) is 26.3 Å². The van der Waals surface area contributed by atoms with E-state index in [0.717, 1.165) is 12.8 Å². The van der Waals surface area contributed by atoms with Gasteiger partial charge in [0.1, 0.15) is 0 Å². The summed E-state index contributed by atoms with van der Waals surface area (Å²) in [7, 11) is 1.46. The number of hydrogen-bond acceptors (Lipinski definition) is 2. The van der Waals surface area contributed by atoms with Crippen LogP contribution in [-0.2, 0) is 9.53 Å². The number of carbonyl (C=O) groups excluding carboxylic acids is 1. The second-order valence-corrected chi connectivity index (χ2v) is 5.59. The van der Waals surface area contributed by atoms with E-state index in [1.807, 2.05) is 0 Å². The lowest BCUT2D eigenvalue weighted by Gasteiger charge is -2.01. The normalized spacial score (nSPS) is 11.5. The van der Waals surface area contributed by atoms with Gasteiger partial charge >= 0.3 is 5.97 Å². The summed E-state index contributed by atoms with van der Waals surface area (Å²) in [4.78, 5) is 10.9. The number of hydrogen-bond donors (Lipinski definition) is 0. The molecular weight excluding hydrogens is 260 g/mol. The summed E-state index contributed by atoms with van der Waals surface area (Å²) < 4.78 is 4.62. The van der Waals surface area contributed by atoms with Crippen LogP contribution in [0.15, 0.2) is 24.3 Å². The fraction of sp³-hybridized carbons (Fsp3) is 0.737. The van der Waals surface area contributed by atoms with E-state index in [1.165, 1.54) is 64.9 Å². The highest BCUT2D eigenvalue weighted by Gasteiger charge is 1.98. The van der Waals surface area contributed by atoms with E-state index in [-0.39, 0.29) is 5.97 Å². The van der Waals surface area contributed by atoms with Crippen LogP contribution in [0.2, 0.25) is 0 Å². The van der Waals surface area contributed by atoms with E-state index >= 15 is 0 Å². The quantitative estimate of drug-likeness (QED) is 0.224. The van der Waals surface area contributed by atoms with Crippen molar-refractivity contribution in [2.24, 2.45) is 0 Å². The SMILES string of the molecule is CCCCC=CC=CCCCCCCCCCC(=O)OC. The van der Waals surface area contributed by atoms with Crippen molar-refractivity contribution in [1.29, 1.82) is 0 Å². The second-order valence-electron chi connectivity index (χ2n) is 5.59. The zero-order valence-electron chi connectivity index (χ0n) is 14.1. The molecule has 0 radical (unpaired) electrons. The smallest absolute Gasteiger partial charge is 0.305 e. The van der Waals surface area contributed by atoms with Crippen LogP contribution in [0, 0.1) is 0 Å². The van der Waals surface area contributed by atoms with Crippen LogP contribution in [0.4, 0.5) is 0 Å². The van der Waals surface area contributed by atoms with Gasteiger partial charge in [-0.1, -0.05) is 76.2 Å². The first-order valence-corrected chi connectivity index (χ1v) is 8.69. The molecule has 0 aliphatic heterocycles. The lowest BCUT2D eigenvalue weighted by molar-refractivity contribution is -0.140. The van der Waals surface area contributed by atoms with Gasteiger partial charge in [-0.3, -0.25) is 4.79 Å². The lowest BCUT2D eigenvalue weighted by Crippen LogP contribution is -1.99. The van der Waals surface area contributed by atoms with E-state index in [9.17, 15) is 4.79 Å². The Morgan fingerprint density at radius 2 is 1.33 bits per heavy atom. The standard InChI is InChI=1S/C19H34O2/c1-3-4-5-6-7-8-9-10-11-12-13-14-15-16-17-18-19(20)21-2/h6-9H,3-5,10-18H2,1-2H3. The second kappa shape index (κ2) is 17.0. The molecule has 0 aromatic carbocycles. The summed E-state index contributed by atoms with van der Waals surface area (Å²) in [5, 5.41) is 0. The fourth-order valence-corrected chi connectivity index (χ4v) is 2.19. The molecule has 0 saturated heterocycles. The Morgan fingerprint density at radius 1 is 0.810 bits per heavy atom. The Labute approximate surface area is 131 Å². The summed E-state index contributed by atoms with van der Waals surface area (Å²) in [6.07, 6.45) is 23.0. The van der Waals surface area contributed by atoms with Gasteiger partial charge in [-0.15, -0.1) is 0 Å². The van der Waals surface area contributed by atoms with Crippen molar-refractivity contribution in [3.05, 3.63) is 24.3 Å². The third-order valence-electron chi connectivity index (χ3n) is 3.59. The zero-order chi connectivity index (χ0) is 15.6. The van der Waals surface area contributed by atoms with Gasteiger partial charge in [0.2, 0.25) is 0 Å².